The Hall–Kier alpha value is -3.02. The number of pyridine rings is 1. The van der Waals surface area contributed by atoms with Crippen molar-refractivity contribution in [2.24, 2.45) is 5.41 Å². The average molecular weight is 489 g/mol. The van der Waals surface area contributed by atoms with E-state index in [1.54, 1.807) is 6.07 Å². The summed E-state index contributed by atoms with van der Waals surface area (Å²) >= 11 is 7.44. The van der Waals surface area contributed by atoms with Crippen LogP contribution in [0.2, 0.25) is 5.02 Å². The third-order valence-corrected chi connectivity index (χ3v) is 7.60. The van der Waals surface area contributed by atoms with Crippen molar-refractivity contribution in [1.82, 2.24) is 9.55 Å². The van der Waals surface area contributed by atoms with Crippen molar-refractivity contribution >= 4 is 28.7 Å². The Balaban J connectivity index is 1.69. The summed E-state index contributed by atoms with van der Waals surface area (Å²) in [7, 11) is 0. The Bertz CT molecular complexity index is 1440. The van der Waals surface area contributed by atoms with Gasteiger partial charge in [0.15, 0.2) is 5.78 Å². The van der Waals surface area contributed by atoms with E-state index in [1.807, 2.05) is 71.5 Å². The molecule has 0 radical (unpaired) electrons. The molecule has 34 heavy (non-hydrogen) atoms. The third kappa shape index (κ3) is 4.15. The number of carbonyl (C=O) groups excluding carboxylic acids is 1. The zero-order valence-corrected chi connectivity index (χ0v) is 20.9. The Labute approximate surface area is 207 Å². The molecular weight excluding hydrogens is 464 g/mol. The molecule has 0 bridgehead atoms. The van der Waals surface area contributed by atoms with E-state index < -0.39 is 0 Å². The number of Topliss-reactive ketones (excluding diaryl/α,β-unsaturated/α-hetero) is 1. The molecule has 0 N–H and O–H groups in total. The van der Waals surface area contributed by atoms with E-state index in [0.29, 0.717) is 34.0 Å². The van der Waals surface area contributed by atoms with Crippen LogP contribution in [-0.4, -0.2) is 15.3 Å². The first-order valence-electron chi connectivity index (χ1n) is 11.3. The number of fused-ring (bicyclic) bond motifs is 1. The van der Waals surface area contributed by atoms with E-state index in [2.05, 4.69) is 13.8 Å². The molecule has 5 rings (SSSR count). The van der Waals surface area contributed by atoms with Gasteiger partial charge in [0.25, 0.3) is 5.56 Å². The maximum atomic E-state index is 14.0. The molecule has 2 heterocycles. The van der Waals surface area contributed by atoms with Crippen LogP contribution in [-0.2, 0) is 6.42 Å². The number of halogens is 1. The van der Waals surface area contributed by atoms with E-state index in [9.17, 15) is 9.59 Å². The quantitative estimate of drug-likeness (QED) is 0.309. The first-order valence-corrected chi connectivity index (χ1v) is 12.6. The van der Waals surface area contributed by atoms with Crippen molar-refractivity contribution in [2.75, 3.05) is 0 Å². The normalized spacial score (nSPS) is 15.7. The van der Waals surface area contributed by atoms with Gasteiger partial charge in [0.05, 0.1) is 17.3 Å². The van der Waals surface area contributed by atoms with Crippen molar-refractivity contribution in [1.29, 1.82) is 0 Å². The summed E-state index contributed by atoms with van der Waals surface area (Å²) in [6.07, 6.45) is 1.14. The van der Waals surface area contributed by atoms with Crippen molar-refractivity contribution < 1.29 is 4.79 Å². The van der Waals surface area contributed by atoms with Gasteiger partial charge >= 0.3 is 0 Å². The molecule has 0 saturated carbocycles. The average Bonchev–Trinajstić information content (AvgIpc) is 3.29. The Morgan fingerprint density at radius 2 is 1.71 bits per heavy atom. The molecule has 1 unspecified atom stereocenters. The van der Waals surface area contributed by atoms with Gasteiger partial charge in [-0.15, -0.1) is 11.3 Å². The van der Waals surface area contributed by atoms with Gasteiger partial charge in [-0.2, -0.15) is 0 Å². The van der Waals surface area contributed by atoms with Gasteiger partial charge in [0.1, 0.15) is 5.01 Å². The Morgan fingerprint density at radius 3 is 2.41 bits per heavy atom. The maximum absolute atomic E-state index is 14.0. The molecule has 0 spiro atoms. The van der Waals surface area contributed by atoms with Gasteiger partial charge < -0.3 is 4.57 Å². The molecule has 0 saturated heterocycles. The highest BCUT2D eigenvalue weighted by Crippen LogP contribution is 2.38. The summed E-state index contributed by atoms with van der Waals surface area (Å²) < 4.78 is 1.82. The van der Waals surface area contributed by atoms with E-state index in [-0.39, 0.29) is 22.8 Å². The van der Waals surface area contributed by atoms with Crippen molar-refractivity contribution in [2.45, 2.75) is 39.7 Å². The molecule has 0 aliphatic heterocycles. The molecule has 2 aromatic carbocycles. The summed E-state index contributed by atoms with van der Waals surface area (Å²) in [5.41, 5.74) is 4.36. The van der Waals surface area contributed by atoms with Crippen LogP contribution in [0.1, 0.15) is 54.8 Å². The topological polar surface area (TPSA) is 52.0 Å². The third-order valence-electron chi connectivity index (χ3n) is 6.47. The lowest BCUT2D eigenvalue weighted by Crippen LogP contribution is -2.37. The Morgan fingerprint density at radius 1 is 1.00 bits per heavy atom. The molecule has 1 atom stereocenters. The summed E-state index contributed by atoms with van der Waals surface area (Å²) in [6.45, 7) is 6.19. The molecule has 2 aromatic heterocycles. The first kappa shape index (κ1) is 22.8. The SMILES string of the molecule is CC(c1ccccc1)n1c2c(cc(-c3nc(-c4ccc(Cl)cc4)cs3)c1=O)C(=O)CC(C)(C)C2. The fraction of sp³-hybridized carbons (Fsp3) is 0.250. The molecular formula is C28H25ClN2O2S. The zero-order chi connectivity index (χ0) is 24.0. The molecule has 4 nitrogen and oxygen atoms in total. The minimum absolute atomic E-state index is 0.0796. The molecule has 1 aliphatic rings. The van der Waals surface area contributed by atoms with Gasteiger partial charge in [-0.1, -0.05) is 67.9 Å². The Kier molecular flexibility index (Phi) is 5.78. The highest BCUT2D eigenvalue weighted by atomic mass is 35.5. The van der Waals surface area contributed by atoms with E-state index >= 15 is 0 Å². The van der Waals surface area contributed by atoms with Crippen molar-refractivity contribution in [3.63, 3.8) is 0 Å². The number of hydrogen-bond acceptors (Lipinski definition) is 4. The number of rotatable bonds is 4. The number of nitrogens with zero attached hydrogens (tertiary/aromatic N) is 2. The second-order valence-corrected chi connectivity index (χ2v) is 11.0. The molecule has 0 amide bonds. The lowest BCUT2D eigenvalue weighted by Gasteiger charge is -2.34. The summed E-state index contributed by atoms with van der Waals surface area (Å²) in [5.74, 6) is 0.0796. The number of aromatic nitrogens is 2. The number of hydrogen-bond donors (Lipinski definition) is 0. The van der Waals surface area contributed by atoms with Crippen LogP contribution in [0.5, 0.6) is 0 Å². The second-order valence-electron chi connectivity index (χ2n) is 9.67. The van der Waals surface area contributed by atoms with Crippen LogP contribution in [0.3, 0.4) is 0 Å². The van der Waals surface area contributed by atoms with Crippen LogP contribution in [0.4, 0.5) is 0 Å². The number of ketones is 1. The van der Waals surface area contributed by atoms with Crippen LogP contribution in [0, 0.1) is 5.41 Å². The summed E-state index contributed by atoms with van der Waals surface area (Å²) in [5, 5.41) is 3.21. The van der Waals surface area contributed by atoms with Crippen LogP contribution in [0.25, 0.3) is 21.8 Å². The monoisotopic (exact) mass is 488 g/mol. The van der Waals surface area contributed by atoms with Crippen LogP contribution < -0.4 is 5.56 Å². The standard InChI is InChI=1S/C28H25ClN2O2S/c1-17(18-7-5-4-6-8-18)31-24-14-28(2,3)15-25(32)21(24)13-22(27(31)33)26-30-23(16-34-26)19-9-11-20(29)12-10-19/h4-13,16-17H,14-15H2,1-3H3. The van der Waals surface area contributed by atoms with Crippen molar-refractivity contribution in [3.05, 3.63) is 98.2 Å². The fourth-order valence-corrected chi connectivity index (χ4v) is 5.70. The highest BCUT2D eigenvalue weighted by molar-refractivity contribution is 7.13. The molecule has 4 aromatic rings. The molecule has 172 valence electrons. The largest absolute Gasteiger partial charge is 0.304 e. The number of thiazole rings is 1. The second kappa shape index (κ2) is 8.64. The number of benzene rings is 2. The molecule has 6 heteroatoms. The summed E-state index contributed by atoms with van der Waals surface area (Å²) in [4.78, 5) is 32.0. The lowest BCUT2D eigenvalue weighted by atomic mass is 9.75. The lowest BCUT2D eigenvalue weighted by molar-refractivity contribution is 0.0907. The maximum Gasteiger partial charge on any atom is 0.261 e. The van der Waals surface area contributed by atoms with Gasteiger partial charge in [0.2, 0.25) is 0 Å². The minimum Gasteiger partial charge on any atom is -0.304 e. The van der Waals surface area contributed by atoms with Gasteiger partial charge in [-0.3, -0.25) is 9.59 Å². The van der Waals surface area contributed by atoms with E-state index in [1.165, 1.54) is 11.3 Å². The summed E-state index contributed by atoms with van der Waals surface area (Å²) in [6, 6.07) is 19.0. The zero-order valence-electron chi connectivity index (χ0n) is 19.3. The highest BCUT2D eigenvalue weighted by Gasteiger charge is 2.35. The van der Waals surface area contributed by atoms with Gasteiger partial charge in [0, 0.05) is 33.6 Å². The minimum atomic E-state index is -0.209. The fourth-order valence-electron chi connectivity index (χ4n) is 4.73. The van der Waals surface area contributed by atoms with E-state index in [0.717, 1.165) is 22.5 Å². The van der Waals surface area contributed by atoms with Gasteiger partial charge in [-0.05, 0) is 42.5 Å². The predicted molar refractivity (Wildman–Crippen MR) is 139 cm³/mol. The van der Waals surface area contributed by atoms with Crippen molar-refractivity contribution in [3.8, 4) is 21.8 Å². The first-order chi connectivity index (χ1) is 16.2. The number of carbonyl (C=O) groups is 1. The smallest absolute Gasteiger partial charge is 0.261 e. The van der Waals surface area contributed by atoms with Crippen LogP contribution >= 0.6 is 22.9 Å². The predicted octanol–water partition coefficient (Wildman–Crippen LogP) is 7.06. The van der Waals surface area contributed by atoms with Crippen LogP contribution in [0.15, 0.2) is 70.8 Å². The van der Waals surface area contributed by atoms with E-state index in [4.69, 9.17) is 16.6 Å². The van der Waals surface area contributed by atoms with Gasteiger partial charge in [-0.25, -0.2) is 4.98 Å². The molecule has 1 aliphatic carbocycles. The molecule has 0 fully saturated rings.